The lowest BCUT2D eigenvalue weighted by atomic mass is 10.3. The average Bonchev–Trinajstić information content (AvgIpc) is 2.47. The minimum Gasteiger partial charge on any atom is -0.468 e. The Labute approximate surface area is 77.0 Å². The topological polar surface area (TPSA) is 52.3 Å². The monoisotopic (exact) mass is 189 g/mol. The zero-order chi connectivity index (χ0) is 8.97. The van der Waals surface area contributed by atoms with Gasteiger partial charge in [0.25, 0.3) is 0 Å². The summed E-state index contributed by atoms with van der Waals surface area (Å²) in [6.07, 6.45) is 3.28. The van der Waals surface area contributed by atoms with E-state index in [1.807, 2.05) is 0 Å². The first-order valence-corrected chi connectivity index (χ1v) is 5.21. The minimum atomic E-state index is -0.138. The van der Waals surface area contributed by atoms with Crippen LogP contribution in [0.25, 0.3) is 0 Å². The quantitative estimate of drug-likeness (QED) is 0.666. The van der Waals surface area contributed by atoms with Crippen LogP contribution in [0, 0.1) is 0 Å². The first kappa shape index (κ1) is 9.86. The Balaban J connectivity index is 2.11. The standard InChI is InChI=1S/C8H15NO2S/c1-11-8(10)5-12-7-3-2-6(9)4-7/h6-7H,2-5,9H2,1H3. The van der Waals surface area contributed by atoms with Crippen LogP contribution in [0.15, 0.2) is 0 Å². The number of nitrogens with two attached hydrogens (primary N) is 1. The summed E-state index contributed by atoms with van der Waals surface area (Å²) in [5.41, 5.74) is 5.73. The zero-order valence-corrected chi connectivity index (χ0v) is 8.10. The Kier molecular flexibility index (Phi) is 3.88. The molecule has 12 heavy (non-hydrogen) atoms. The van der Waals surface area contributed by atoms with Crippen molar-refractivity contribution in [3.63, 3.8) is 0 Å². The minimum absolute atomic E-state index is 0.138. The van der Waals surface area contributed by atoms with Gasteiger partial charge in [0.05, 0.1) is 12.9 Å². The Morgan fingerprint density at radius 3 is 2.92 bits per heavy atom. The number of hydrogen-bond acceptors (Lipinski definition) is 4. The fraction of sp³-hybridized carbons (Fsp3) is 0.875. The smallest absolute Gasteiger partial charge is 0.315 e. The van der Waals surface area contributed by atoms with Gasteiger partial charge in [-0.2, -0.15) is 0 Å². The van der Waals surface area contributed by atoms with Gasteiger partial charge in [-0.15, -0.1) is 11.8 Å². The molecule has 0 aliphatic heterocycles. The second-order valence-electron chi connectivity index (χ2n) is 3.08. The van der Waals surface area contributed by atoms with E-state index in [2.05, 4.69) is 4.74 Å². The van der Waals surface area contributed by atoms with Crippen LogP contribution in [0.2, 0.25) is 0 Å². The van der Waals surface area contributed by atoms with Crippen LogP contribution in [0.4, 0.5) is 0 Å². The van der Waals surface area contributed by atoms with Crippen LogP contribution in [-0.2, 0) is 9.53 Å². The molecule has 3 nitrogen and oxygen atoms in total. The van der Waals surface area contributed by atoms with Gasteiger partial charge in [0.15, 0.2) is 0 Å². The number of methoxy groups -OCH3 is 1. The summed E-state index contributed by atoms with van der Waals surface area (Å²) in [7, 11) is 1.42. The molecule has 0 spiro atoms. The molecule has 2 N–H and O–H groups in total. The van der Waals surface area contributed by atoms with Crippen LogP contribution in [-0.4, -0.2) is 30.1 Å². The highest BCUT2D eigenvalue weighted by Crippen LogP contribution is 2.28. The number of thioether (sulfide) groups is 1. The van der Waals surface area contributed by atoms with Crippen LogP contribution >= 0.6 is 11.8 Å². The molecule has 2 unspecified atom stereocenters. The van der Waals surface area contributed by atoms with Crippen LogP contribution in [0.3, 0.4) is 0 Å². The predicted molar refractivity (Wildman–Crippen MR) is 50.1 cm³/mol. The highest BCUT2D eigenvalue weighted by Gasteiger charge is 2.22. The Morgan fingerprint density at radius 1 is 1.67 bits per heavy atom. The van der Waals surface area contributed by atoms with E-state index < -0.39 is 0 Å². The molecule has 1 rings (SSSR count). The molecule has 0 aromatic carbocycles. The molecule has 4 heteroatoms. The number of rotatable bonds is 3. The molecule has 0 aromatic rings. The number of carbonyl (C=O) groups is 1. The summed E-state index contributed by atoms with van der Waals surface area (Å²) < 4.78 is 4.55. The lowest BCUT2D eigenvalue weighted by molar-refractivity contribution is -0.137. The van der Waals surface area contributed by atoms with Gasteiger partial charge in [-0.05, 0) is 19.3 Å². The van der Waals surface area contributed by atoms with Gasteiger partial charge in [0.2, 0.25) is 0 Å². The van der Waals surface area contributed by atoms with Crippen LogP contribution < -0.4 is 5.73 Å². The van der Waals surface area contributed by atoms with Gasteiger partial charge >= 0.3 is 5.97 Å². The predicted octanol–water partition coefficient (Wildman–Crippen LogP) is 0.772. The number of carbonyl (C=O) groups excluding carboxylic acids is 1. The lowest BCUT2D eigenvalue weighted by Crippen LogP contribution is -2.15. The molecule has 1 aliphatic rings. The molecular formula is C8H15NO2S. The second kappa shape index (κ2) is 4.72. The van der Waals surface area contributed by atoms with Gasteiger partial charge in [0.1, 0.15) is 0 Å². The molecule has 70 valence electrons. The molecular weight excluding hydrogens is 174 g/mol. The summed E-state index contributed by atoms with van der Waals surface area (Å²) in [6, 6.07) is 0.347. The maximum Gasteiger partial charge on any atom is 0.315 e. The third-order valence-electron chi connectivity index (χ3n) is 2.09. The average molecular weight is 189 g/mol. The molecule has 2 atom stereocenters. The normalized spacial score (nSPS) is 28.8. The van der Waals surface area contributed by atoms with Crippen LogP contribution in [0.1, 0.15) is 19.3 Å². The van der Waals surface area contributed by atoms with Crippen molar-refractivity contribution in [2.45, 2.75) is 30.6 Å². The SMILES string of the molecule is COC(=O)CSC1CCC(N)C1. The summed E-state index contributed by atoms with van der Waals surface area (Å²) in [4.78, 5) is 10.8. The van der Waals surface area contributed by atoms with E-state index in [9.17, 15) is 4.79 Å². The van der Waals surface area contributed by atoms with Crippen molar-refractivity contribution in [3.8, 4) is 0 Å². The van der Waals surface area contributed by atoms with E-state index in [4.69, 9.17) is 5.73 Å². The zero-order valence-electron chi connectivity index (χ0n) is 7.29. The number of ether oxygens (including phenoxy) is 1. The maximum absolute atomic E-state index is 10.8. The number of esters is 1. The first-order chi connectivity index (χ1) is 5.72. The first-order valence-electron chi connectivity index (χ1n) is 4.16. The lowest BCUT2D eigenvalue weighted by Gasteiger charge is -2.07. The van der Waals surface area contributed by atoms with Gasteiger partial charge in [-0.1, -0.05) is 0 Å². The Morgan fingerprint density at radius 2 is 2.42 bits per heavy atom. The Bertz CT molecular complexity index is 163. The van der Waals surface area contributed by atoms with Crippen molar-refractivity contribution in [3.05, 3.63) is 0 Å². The highest BCUT2D eigenvalue weighted by molar-refractivity contribution is 8.00. The summed E-state index contributed by atoms with van der Waals surface area (Å²) in [5.74, 6) is 0.328. The fourth-order valence-corrected chi connectivity index (χ4v) is 2.55. The van der Waals surface area contributed by atoms with Crippen molar-refractivity contribution in [2.24, 2.45) is 5.73 Å². The fourth-order valence-electron chi connectivity index (χ4n) is 1.37. The molecule has 1 fully saturated rings. The van der Waals surface area contributed by atoms with Crippen molar-refractivity contribution < 1.29 is 9.53 Å². The van der Waals surface area contributed by atoms with E-state index in [-0.39, 0.29) is 5.97 Å². The molecule has 1 aliphatic carbocycles. The van der Waals surface area contributed by atoms with Gasteiger partial charge in [0, 0.05) is 11.3 Å². The molecule has 0 bridgehead atoms. The molecule has 0 saturated heterocycles. The summed E-state index contributed by atoms with van der Waals surface area (Å²) >= 11 is 1.67. The van der Waals surface area contributed by atoms with E-state index >= 15 is 0 Å². The van der Waals surface area contributed by atoms with Gasteiger partial charge in [-0.3, -0.25) is 4.79 Å². The molecule has 1 saturated carbocycles. The molecule has 0 amide bonds. The third-order valence-corrected chi connectivity index (χ3v) is 3.39. The van der Waals surface area contributed by atoms with Gasteiger partial charge < -0.3 is 10.5 Å². The molecule has 0 heterocycles. The summed E-state index contributed by atoms with van der Waals surface area (Å²) in [6.45, 7) is 0. The van der Waals surface area contributed by atoms with Crippen molar-refractivity contribution >= 4 is 17.7 Å². The highest BCUT2D eigenvalue weighted by atomic mass is 32.2. The molecule has 0 aromatic heterocycles. The van der Waals surface area contributed by atoms with Crippen molar-refractivity contribution in [1.82, 2.24) is 0 Å². The van der Waals surface area contributed by atoms with E-state index in [1.54, 1.807) is 11.8 Å². The van der Waals surface area contributed by atoms with Crippen LogP contribution in [0.5, 0.6) is 0 Å². The number of hydrogen-bond donors (Lipinski definition) is 1. The van der Waals surface area contributed by atoms with Crippen molar-refractivity contribution in [1.29, 1.82) is 0 Å². The largest absolute Gasteiger partial charge is 0.468 e. The third kappa shape index (κ3) is 3.03. The van der Waals surface area contributed by atoms with E-state index in [0.29, 0.717) is 17.0 Å². The summed E-state index contributed by atoms with van der Waals surface area (Å²) in [5, 5.41) is 0.569. The van der Waals surface area contributed by atoms with E-state index in [0.717, 1.165) is 19.3 Å². The van der Waals surface area contributed by atoms with Gasteiger partial charge in [-0.25, -0.2) is 0 Å². The van der Waals surface area contributed by atoms with E-state index in [1.165, 1.54) is 7.11 Å². The maximum atomic E-state index is 10.8. The second-order valence-corrected chi connectivity index (χ2v) is 4.37. The van der Waals surface area contributed by atoms with Crippen molar-refractivity contribution in [2.75, 3.05) is 12.9 Å². The Hall–Kier alpha value is -0.220. The molecule has 0 radical (unpaired) electrons.